The van der Waals surface area contributed by atoms with Crippen molar-refractivity contribution >= 4 is 40.0 Å². The molecule has 32 heavy (non-hydrogen) atoms. The number of Topliss-reactive ketones (excluding diaryl/α,β-unsaturated/α-hetero) is 1. The SMILES string of the molecule is C=CCn1c(C)cc(C(=O)CSc2nc3ccccc3c(=O)n2-c2ccc(Cl)cc2)c1C. The van der Waals surface area contributed by atoms with Crippen LogP contribution < -0.4 is 5.56 Å². The number of nitrogens with zero attached hydrogens (tertiary/aromatic N) is 3. The molecule has 162 valence electrons. The predicted octanol–water partition coefficient (Wildman–Crippen LogP) is 5.62. The number of hydrogen-bond donors (Lipinski definition) is 0. The summed E-state index contributed by atoms with van der Waals surface area (Å²) < 4.78 is 3.60. The van der Waals surface area contributed by atoms with Gasteiger partial charge in [-0.1, -0.05) is 41.6 Å². The molecular formula is C25H22ClN3O2S. The van der Waals surface area contributed by atoms with Crippen LogP contribution in [0, 0.1) is 13.8 Å². The summed E-state index contributed by atoms with van der Waals surface area (Å²) in [6.45, 7) is 8.35. The number of fused-ring (bicyclic) bond motifs is 1. The number of carbonyl (C=O) groups is 1. The van der Waals surface area contributed by atoms with Gasteiger partial charge in [0, 0.05) is 28.5 Å². The Kier molecular flexibility index (Phi) is 6.35. The molecule has 0 unspecified atom stereocenters. The molecule has 0 aliphatic carbocycles. The van der Waals surface area contributed by atoms with Gasteiger partial charge in [0.15, 0.2) is 10.9 Å². The lowest BCUT2D eigenvalue weighted by Crippen LogP contribution is -2.22. The number of ketones is 1. The number of thioether (sulfide) groups is 1. The summed E-state index contributed by atoms with van der Waals surface area (Å²) in [7, 11) is 0. The molecule has 0 spiro atoms. The molecule has 5 nitrogen and oxygen atoms in total. The summed E-state index contributed by atoms with van der Waals surface area (Å²) >= 11 is 7.29. The van der Waals surface area contributed by atoms with Gasteiger partial charge in [-0.25, -0.2) is 4.98 Å². The normalized spacial score (nSPS) is 11.1. The Bertz CT molecular complexity index is 1390. The topological polar surface area (TPSA) is 56.9 Å². The molecule has 7 heteroatoms. The van der Waals surface area contributed by atoms with Crippen molar-refractivity contribution in [2.45, 2.75) is 25.5 Å². The van der Waals surface area contributed by atoms with Crippen LogP contribution in [0.15, 0.2) is 77.2 Å². The molecule has 4 aromatic rings. The third-order valence-corrected chi connectivity index (χ3v) is 6.54. The summed E-state index contributed by atoms with van der Waals surface area (Å²) in [4.78, 5) is 31.1. The van der Waals surface area contributed by atoms with E-state index in [9.17, 15) is 9.59 Å². The molecule has 0 N–H and O–H groups in total. The molecule has 2 aromatic carbocycles. The van der Waals surface area contributed by atoms with Gasteiger partial charge in [-0.3, -0.25) is 14.2 Å². The van der Waals surface area contributed by atoms with Gasteiger partial charge < -0.3 is 4.57 Å². The van der Waals surface area contributed by atoms with Crippen LogP contribution in [0.1, 0.15) is 21.7 Å². The standard InChI is InChI=1S/C25H22ClN3O2S/c1-4-13-28-16(2)14-21(17(28)3)23(30)15-32-25-27-22-8-6-5-7-20(22)24(31)29(25)19-11-9-18(26)10-12-19/h4-12,14H,1,13,15H2,2-3H3. The van der Waals surface area contributed by atoms with Crippen LogP contribution in [0.2, 0.25) is 5.02 Å². The number of benzene rings is 2. The van der Waals surface area contributed by atoms with Crippen molar-refractivity contribution in [3.63, 3.8) is 0 Å². The maximum absolute atomic E-state index is 13.3. The largest absolute Gasteiger partial charge is 0.345 e. The molecular weight excluding hydrogens is 442 g/mol. The lowest BCUT2D eigenvalue weighted by atomic mass is 10.2. The van der Waals surface area contributed by atoms with Gasteiger partial charge in [0.2, 0.25) is 0 Å². The zero-order chi connectivity index (χ0) is 22.8. The van der Waals surface area contributed by atoms with E-state index in [2.05, 4.69) is 11.1 Å². The van der Waals surface area contributed by atoms with E-state index < -0.39 is 0 Å². The first-order chi connectivity index (χ1) is 15.4. The molecule has 0 radical (unpaired) electrons. The Morgan fingerprint density at radius 3 is 2.59 bits per heavy atom. The minimum absolute atomic E-state index is 0.0107. The molecule has 0 aliphatic rings. The van der Waals surface area contributed by atoms with Crippen LogP contribution in [0.4, 0.5) is 0 Å². The van der Waals surface area contributed by atoms with Gasteiger partial charge in [-0.2, -0.15) is 0 Å². The quantitative estimate of drug-likeness (QED) is 0.154. The number of carbonyl (C=O) groups excluding carboxylic acids is 1. The smallest absolute Gasteiger partial charge is 0.266 e. The molecule has 0 amide bonds. The molecule has 0 saturated carbocycles. The lowest BCUT2D eigenvalue weighted by molar-refractivity contribution is 0.102. The van der Waals surface area contributed by atoms with Crippen LogP contribution in [0.25, 0.3) is 16.6 Å². The van der Waals surface area contributed by atoms with Gasteiger partial charge >= 0.3 is 0 Å². The predicted molar refractivity (Wildman–Crippen MR) is 132 cm³/mol. The van der Waals surface area contributed by atoms with E-state index in [4.69, 9.17) is 16.6 Å². The van der Waals surface area contributed by atoms with Gasteiger partial charge in [-0.05, 0) is 56.3 Å². The average molecular weight is 464 g/mol. The number of rotatable bonds is 7. The number of aryl methyl sites for hydroxylation is 1. The van der Waals surface area contributed by atoms with E-state index in [0.29, 0.717) is 38.9 Å². The van der Waals surface area contributed by atoms with Crippen LogP contribution in [0.5, 0.6) is 0 Å². The second-order valence-corrected chi connectivity index (χ2v) is 8.80. The number of allylic oxidation sites excluding steroid dienone is 1. The fraction of sp³-hybridized carbons (Fsp3) is 0.160. The Hall–Kier alpha value is -3.09. The number of hydrogen-bond acceptors (Lipinski definition) is 4. The summed E-state index contributed by atoms with van der Waals surface area (Å²) in [5.74, 6) is 0.153. The van der Waals surface area contributed by atoms with Crippen LogP contribution in [0.3, 0.4) is 0 Å². The molecule has 4 rings (SSSR count). The lowest BCUT2D eigenvalue weighted by Gasteiger charge is -2.13. The maximum Gasteiger partial charge on any atom is 0.266 e. The van der Waals surface area contributed by atoms with E-state index in [1.807, 2.05) is 38.1 Å². The average Bonchev–Trinajstić information content (AvgIpc) is 3.07. The van der Waals surface area contributed by atoms with Crippen LogP contribution in [-0.4, -0.2) is 25.7 Å². The molecule has 0 atom stereocenters. The highest BCUT2D eigenvalue weighted by Gasteiger charge is 2.18. The Morgan fingerprint density at radius 1 is 1.16 bits per heavy atom. The number of halogens is 1. The van der Waals surface area contributed by atoms with E-state index >= 15 is 0 Å². The third kappa shape index (κ3) is 4.16. The van der Waals surface area contributed by atoms with Crippen molar-refractivity contribution in [1.82, 2.24) is 14.1 Å². The first-order valence-electron chi connectivity index (χ1n) is 10.1. The molecule has 0 aliphatic heterocycles. The van der Waals surface area contributed by atoms with Crippen molar-refractivity contribution < 1.29 is 4.79 Å². The highest BCUT2D eigenvalue weighted by molar-refractivity contribution is 7.99. The van der Waals surface area contributed by atoms with Crippen LogP contribution >= 0.6 is 23.4 Å². The van der Waals surface area contributed by atoms with Crippen molar-refractivity contribution in [3.8, 4) is 5.69 Å². The minimum atomic E-state index is -0.183. The molecule has 0 fully saturated rings. The second-order valence-electron chi connectivity index (χ2n) is 7.42. The fourth-order valence-electron chi connectivity index (χ4n) is 3.73. The number of aromatic nitrogens is 3. The third-order valence-electron chi connectivity index (χ3n) is 5.35. The fourth-order valence-corrected chi connectivity index (χ4v) is 4.75. The highest BCUT2D eigenvalue weighted by Crippen LogP contribution is 2.24. The van der Waals surface area contributed by atoms with E-state index in [1.54, 1.807) is 36.4 Å². The highest BCUT2D eigenvalue weighted by atomic mass is 35.5. The van der Waals surface area contributed by atoms with Crippen molar-refractivity contribution in [2.24, 2.45) is 0 Å². The monoisotopic (exact) mass is 463 g/mol. The summed E-state index contributed by atoms with van der Waals surface area (Å²) in [5.41, 5.74) is 3.67. The van der Waals surface area contributed by atoms with E-state index in [1.165, 1.54) is 16.3 Å². The van der Waals surface area contributed by atoms with Crippen molar-refractivity contribution in [2.75, 3.05) is 5.75 Å². The van der Waals surface area contributed by atoms with Crippen molar-refractivity contribution in [3.05, 3.63) is 99.6 Å². The van der Waals surface area contributed by atoms with Gasteiger partial charge in [-0.15, -0.1) is 6.58 Å². The molecule has 0 saturated heterocycles. The van der Waals surface area contributed by atoms with Crippen molar-refractivity contribution in [1.29, 1.82) is 0 Å². The van der Waals surface area contributed by atoms with Gasteiger partial charge in [0.1, 0.15) is 0 Å². The zero-order valence-electron chi connectivity index (χ0n) is 17.8. The first-order valence-corrected chi connectivity index (χ1v) is 11.5. The summed E-state index contributed by atoms with van der Waals surface area (Å²) in [5, 5.41) is 1.56. The maximum atomic E-state index is 13.3. The molecule has 2 heterocycles. The van der Waals surface area contributed by atoms with E-state index in [-0.39, 0.29) is 17.1 Å². The van der Waals surface area contributed by atoms with E-state index in [0.717, 1.165) is 11.4 Å². The minimum Gasteiger partial charge on any atom is -0.345 e. The summed E-state index contributed by atoms with van der Waals surface area (Å²) in [6.07, 6.45) is 1.81. The Labute approximate surface area is 195 Å². The van der Waals surface area contributed by atoms with Gasteiger partial charge in [0.25, 0.3) is 5.56 Å². The van der Waals surface area contributed by atoms with Crippen LogP contribution in [-0.2, 0) is 6.54 Å². The first kappa shape index (κ1) is 22.1. The molecule has 2 aromatic heterocycles. The molecule has 0 bridgehead atoms. The second kappa shape index (κ2) is 9.18. The number of para-hydroxylation sites is 1. The Balaban J connectivity index is 1.73. The zero-order valence-corrected chi connectivity index (χ0v) is 19.4. The summed E-state index contributed by atoms with van der Waals surface area (Å²) in [6, 6.07) is 16.1. The Morgan fingerprint density at radius 2 is 1.88 bits per heavy atom. The van der Waals surface area contributed by atoms with Gasteiger partial charge in [0.05, 0.1) is 22.3 Å².